The fraction of sp³-hybridized carbons (Fsp3) is 0.958. The van der Waals surface area contributed by atoms with Gasteiger partial charge in [-0.1, -0.05) is 105 Å². The first kappa shape index (κ1) is 26.4. The van der Waals surface area contributed by atoms with E-state index in [1.54, 1.807) is 0 Å². The highest BCUT2D eigenvalue weighted by Crippen LogP contribution is 2.14. The molecule has 162 valence electrons. The molecule has 0 spiro atoms. The highest BCUT2D eigenvalue weighted by atomic mass is 16.2. The lowest BCUT2D eigenvalue weighted by molar-refractivity contribution is -0.130. The van der Waals surface area contributed by atoms with Gasteiger partial charge in [0.1, 0.15) is 0 Å². The van der Waals surface area contributed by atoms with Gasteiger partial charge in [0, 0.05) is 19.0 Å². The zero-order valence-electron chi connectivity index (χ0n) is 19.2. The van der Waals surface area contributed by atoms with E-state index in [-0.39, 0.29) is 11.8 Å². The molecule has 1 amide bonds. The Labute approximate surface area is 171 Å². The normalized spacial score (nSPS) is 12.5. The Bertz CT molecular complexity index is 304. The van der Waals surface area contributed by atoms with Gasteiger partial charge in [-0.05, 0) is 25.7 Å². The third-order valence-electron chi connectivity index (χ3n) is 5.60. The van der Waals surface area contributed by atoms with Gasteiger partial charge in [0.25, 0.3) is 0 Å². The summed E-state index contributed by atoms with van der Waals surface area (Å²) in [4.78, 5) is 12.7. The minimum absolute atomic E-state index is 0.182. The minimum atomic E-state index is 0.182. The molecule has 0 aromatic rings. The van der Waals surface area contributed by atoms with Crippen LogP contribution in [0.5, 0.6) is 0 Å². The minimum Gasteiger partial charge on any atom is -0.289 e. The Hall–Kier alpha value is -0.570. The summed E-state index contributed by atoms with van der Waals surface area (Å²) in [5.74, 6) is 0.435. The van der Waals surface area contributed by atoms with Crippen LogP contribution in [0, 0.1) is 5.92 Å². The van der Waals surface area contributed by atoms with Gasteiger partial charge in [0.05, 0.1) is 0 Å². The van der Waals surface area contributed by atoms with Crippen molar-refractivity contribution in [1.29, 1.82) is 0 Å². The number of rotatable bonds is 20. The average Bonchev–Trinajstić information content (AvgIpc) is 2.67. The Morgan fingerprint density at radius 1 is 0.667 bits per heavy atom. The summed E-state index contributed by atoms with van der Waals surface area (Å²) in [7, 11) is 0. The van der Waals surface area contributed by atoms with E-state index in [1.807, 2.05) is 0 Å². The Morgan fingerprint density at radius 2 is 1.11 bits per heavy atom. The van der Waals surface area contributed by atoms with Crippen molar-refractivity contribution in [1.82, 2.24) is 10.4 Å². The molecular formula is C24H50N2O. The van der Waals surface area contributed by atoms with Gasteiger partial charge in [-0.25, -0.2) is 5.01 Å². The lowest BCUT2D eigenvalue weighted by atomic mass is 9.99. The molecule has 0 aromatic heterocycles. The van der Waals surface area contributed by atoms with E-state index in [4.69, 9.17) is 0 Å². The van der Waals surface area contributed by atoms with Crippen molar-refractivity contribution in [2.75, 3.05) is 13.1 Å². The molecule has 0 fully saturated rings. The van der Waals surface area contributed by atoms with Crippen molar-refractivity contribution in [2.45, 2.75) is 130 Å². The molecule has 3 heteroatoms. The highest BCUT2D eigenvalue weighted by molar-refractivity contribution is 5.78. The van der Waals surface area contributed by atoms with Gasteiger partial charge in [-0.2, -0.15) is 0 Å². The monoisotopic (exact) mass is 382 g/mol. The molecule has 0 radical (unpaired) electrons. The van der Waals surface area contributed by atoms with Gasteiger partial charge >= 0.3 is 0 Å². The van der Waals surface area contributed by atoms with Crippen LogP contribution in [0.25, 0.3) is 0 Å². The van der Waals surface area contributed by atoms with Crippen molar-refractivity contribution in [2.24, 2.45) is 5.92 Å². The summed E-state index contributed by atoms with van der Waals surface area (Å²) in [6.07, 6.45) is 20.0. The van der Waals surface area contributed by atoms with E-state index >= 15 is 0 Å². The fourth-order valence-electron chi connectivity index (χ4n) is 3.61. The molecule has 0 aliphatic rings. The second-order valence-electron chi connectivity index (χ2n) is 8.25. The predicted octanol–water partition coefficient (Wildman–Crippen LogP) is 7.26. The molecule has 0 aliphatic carbocycles. The first-order valence-electron chi connectivity index (χ1n) is 12.2. The summed E-state index contributed by atoms with van der Waals surface area (Å²) in [5.41, 5.74) is 3.28. The van der Waals surface area contributed by atoms with Crippen molar-refractivity contribution in [3.05, 3.63) is 0 Å². The number of unbranched alkanes of at least 4 members (excludes halogenated alkanes) is 11. The third-order valence-corrected chi connectivity index (χ3v) is 5.60. The molecule has 0 heterocycles. The molecule has 3 nitrogen and oxygen atoms in total. The van der Waals surface area contributed by atoms with E-state index in [9.17, 15) is 4.79 Å². The van der Waals surface area contributed by atoms with E-state index < -0.39 is 0 Å². The molecule has 0 saturated carbocycles. The van der Waals surface area contributed by atoms with E-state index in [1.165, 1.54) is 83.5 Å². The molecule has 0 aromatic carbocycles. The largest absolute Gasteiger partial charge is 0.289 e. The Balaban J connectivity index is 4.28. The van der Waals surface area contributed by atoms with Gasteiger partial charge in [0.15, 0.2) is 0 Å². The predicted molar refractivity (Wildman–Crippen MR) is 120 cm³/mol. The Kier molecular flexibility index (Phi) is 19.7. The van der Waals surface area contributed by atoms with Gasteiger partial charge in [-0.3, -0.25) is 10.2 Å². The summed E-state index contributed by atoms with van der Waals surface area (Å²) < 4.78 is 0. The number of nitrogens with zero attached hydrogens (tertiary/aromatic N) is 1. The van der Waals surface area contributed by atoms with Gasteiger partial charge < -0.3 is 0 Å². The van der Waals surface area contributed by atoms with Crippen LogP contribution in [-0.4, -0.2) is 24.0 Å². The molecule has 0 aliphatic heterocycles. The maximum atomic E-state index is 12.7. The summed E-state index contributed by atoms with van der Waals surface area (Å²) >= 11 is 0. The van der Waals surface area contributed by atoms with Crippen LogP contribution in [0.1, 0.15) is 130 Å². The SMILES string of the molecule is CCCCCCCCN(CCCCCCCC)NC(=O)C(CC)CCCC. The number of amides is 1. The zero-order chi connectivity index (χ0) is 20.2. The lowest BCUT2D eigenvalue weighted by Crippen LogP contribution is -2.46. The maximum absolute atomic E-state index is 12.7. The number of nitrogens with one attached hydrogen (secondary N) is 1. The van der Waals surface area contributed by atoms with Crippen molar-refractivity contribution in [3.8, 4) is 0 Å². The first-order valence-corrected chi connectivity index (χ1v) is 12.2. The van der Waals surface area contributed by atoms with Crippen LogP contribution in [-0.2, 0) is 4.79 Å². The van der Waals surface area contributed by atoms with Gasteiger partial charge in [-0.15, -0.1) is 0 Å². The molecule has 1 atom stereocenters. The number of hydrazine groups is 1. The highest BCUT2D eigenvalue weighted by Gasteiger charge is 2.18. The van der Waals surface area contributed by atoms with Crippen molar-refractivity contribution < 1.29 is 4.79 Å². The van der Waals surface area contributed by atoms with Crippen LogP contribution in [0.3, 0.4) is 0 Å². The molecule has 0 bridgehead atoms. The van der Waals surface area contributed by atoms with Crippen LogP contribution in [0.2, 0.25) is 0 Å². The topological polar surface area (TPSA) is 32.3 Å². The fourth-order valence-corrected chi connectivity index (χ4v) is 3.61. The second-order valence-corrected chi connectivity index (χ2v) is 8.25. The number of carbonyl (C=O) groups excluding carboxylic acids is 1. The number of hydrogen-bond acceptors (Lipinski definition) is 2. The smallest absolute Gasteiger partial charge is 0.237 e. The molecular weight excluding hydrogens is 332 g/mol. The van der Waals surface area contributed by atoms with Crippen molar-refractivity contribution >= 4 is 5.91 Å². The summed E-state index contributed by atoms with van der Waals surface area (Å²) in [6, 6.07) is 0. The Morgan fingerprint density at radius 3 is 1.56 bits per heavy atom. The van der Waals surface area contributed by atoms with E-state index in [0.29, 0.717) is 0 Å². The second kappa shape index (κ2) is 20.2. The standard InChI is InChI=1S/C24H50N2O/c1-5-9-12-14-16-18-21-26(22-19-17-15-13-10-6-2)25-24(27)23(8-4)20-11-7-3/h23H,5-22H2,1-4H3,(H,25,27). The van der Waals surface area contributed by atoms with Crippen LogP contribution >= 0.6 is 0 Å². The van der Waals surface area contributed by atoms with Crippen LogP contribution in [0.15, 0.2) is 0 Å². The molecule has 1 unspecified atom stereocenters. The van der Waals surface area contributed by atoms with Crippen molar-refractivity contribution in [3.63, 3.8) is 0 Å². The third kappa shape index (κ3) is 16.1. The average molecular weight is 383 g/mol. The number of carbonyl (C=O) groups is 1. The van der Waals surface area contributed by atoms with Crippen LogP contribution in [0.4, 0.5) is 0 Å². The molecule has 1 N–H and O–H groups in total. The molecule has 27 heavy (non-hydrogen) atoms. The first-order chi connectivity index (χ1) is 13.2. The zero-order valence-corrected chi connectivity index (χ0v) is 19.2. The maximum Gasteiger partial charge on any atom is 0.237 e. The molecule has 0 rings (SSSR count). The van der Waals surface area contributed by atoms with E-state index in [0.717, 1.165) is 32.4 Å². The lowest BCUT2D eigenvalue weighted by Gasteiger charge is -2.26. The van der Waals surface area contributed by atoms with Gasteiger partial charge in [0.2, 0.25) is 5.91 Å². The van der Waals surface area contributed by atoms with Crippen LogP contribution < -0.4 is 5.43 Å². The quantitative estimate of drug-likeness (QED) is 0.177. The summed E-state index contributed by atoms with van der Waals surface area (Å²) in [5, 5.41) is 2.23. The number of hydrogen-bond donors (Lipinski definition) is 1. The summed E-state index contributed by atoms with van der Waals surface area (Å²) in [6.45, 7) is 10.9. The molecule has 0 saturated heterocycles. The van der Waals surface area contributed by atoms with E-state index in [2.05, 4.69) is 38.1 Å².